The number of aryl methyl sites for hydroxylation is 1. The highest BCUT2D eigenvalue weighted by Gasteiger charge is 2.14. The maximum absolute atomic E-state index is 12.2. The summed E-state index contributed by atoms with van der Waals surface area (Å²) < 4.78 is 0. The van der Waals surface area contributed by atoms with Gasteiger partial charge in [0.25, 0.3) is 5.91 Å². The van der Waals surface area contributed by atoms with E-state index in [2.05, 4.69) is 26.1 Å². The van der Waals surface area contributed by atoms with Gasteiger partial charge in [-0.1, -0.05) is 32.9 Å². The summed E-state index contributed by atoms with van der Waals surface area (Å²) in [5, 5.41) is 20.3. The lowest BCUT2D eigenvalue weighted by atomic mass is 9.87. The molecule has 0 unspecified atom stereocenters. The molecule has 0 aliphatic carbocycles. The minimum atomic E-state index is -0.104. The molecular formula is C21H27N3O2. The predicted molar refractivity (Wildman–Crippen MR) is 105 cm³/mol. The number of benzene rings is 2. The number of aromatic hydroxyl groups is 1. The first-order chi connectivity index (χ1) is 12.2. The van der Waals surface area contributed by atoms with E-state index in [4.69, 9.17) is 11.1 Å². The van der Waals surface area contributed by atoms with Gasteiger partial charge in [-0.3, -0.25) is 10.2 Å². The number of phenols is 1. The fourth-order valence-corrected chi connectivity index (χ4v) is 2.66. The average Bonchev–Trinajstić information content (AvgIpc) is 2.59. The largest absolute Gasteiger partial charge is 0.508 e. The average molecular weight is 353 g/mol. The lowest BCUT2D eigenvalue weighted by Gasteiger charge is -2.19. The van der Waals surface area contributed by atoms with Crippen molar-refractivity contribution >= 4 is 11.7 Å². The second-order valence-electron chi connectivity index (χ2n) is 7.44. The summed E-state index contributed by atoms with van der Waals surface area (Å²) in [5.41, 5.74) is 8.67. The summed E-state index contributed by atoms with van der Waals surface area (Å²) in [7, 11) is 0. The van der Waals surface area contributed by atoms with Gasteiger partial charge in [-0.15, -0.1) is 0 Å². The van der Waals surface area contributed by atoms with Crippen molar-refractivity contribution in [2.75, 3.05) is 6.54 Å². The van der Waals surface area contributed by atoms with Crippen LogP contribution >= 0.6 is 0 Å². The summed E-state index contributed by atoms with van der Waals surface area (Å²) in [5.74, 6) is 0.0459. The fraction of sp³-hybridized carbons (Fsp3) is 0.333. The van der Waals surface area contributed by atoms with Gasteiger partial charge in [0.05, 0.1) is 0 Å². The number of amidine groups is 1. The molecule has 2 aromatic rings. The molecule has 5 nitrogen and oxygen atoms in total. The second-order valence-corrected chi connectivity index (χ2v) is 7.44. The van der Waals surface area contributed by atoms with Gasteiger partial charge in [-0.25, -0.2) is 0 Å². The molecule has 1 amide bonds. The summed E-state index contributed by atoms with van der Waals surface area (Å²) in [4.78, 5) is 12.2. The smallest absolute Gasteiger partial charge is 0.251 e. The minimum absolute atomic E-state index is 0.0294. The standard InChI is InChI=1S/C21H27N3O2/c1-21(2,3)17-9-6-14(7-10-17)20(26)24-12-4-5-15-13-16(19(22)23)8-11-18(15)25/h6-11,13,25H,4-5,12H2,1-3H3,(H3,22,23)(H,24,26). The molecule has 0 atom stereocenters. The Labute approximate surface area is 154 Å². The van der Waals surface area contributed by atoms with E-state index in [0.717, 1.165) is 5.56 Å². The first-order valence-electron chi connectivity index (χ1n) is 8.73. The Balaban J connectivity index is 1.87. The number of carbonyl (C=O) groups excluding carboxylic acids is 1. The van der Waals surface area contributed by atoms with Crippen molar-refractivity contribution < 1.29 is 9.90 Å². The van der Waals surface area contributed by atoms with Crippen LogP contribution in [0, 0.1) is 5.41 Å². The van der Waals surface area contributed by atoms with Crippen LogP contribution in [0.5, 0.6) is 5.75 Å². The molecule has 5 heteroatoms. The number of hydrogen-bond donors (Lipinski definition) is 4. The maximum atomic E-state index is 12.2. The molecule has 0 spiro atoms. The number of nitrogens with two attached hydrogens (primary N) is 1. The van der Waals surface area contributed by atoms with Gasteiger partial charge in [0.2, 0.25) is 0 Å². The first-order valence-corrected chi connectivity index (χ1v) is 8.73. The molecule has 2 aromatic carbocycles. The summed E-state index contributed by atoms with van der Waals surface area (Å²) in [6.07, 6.45) is 1.27. The van der Waals surface area contributed by atoms with Crippen molar-refractivity contribution in [1.29, 1.82) is 5.41 Å². The van der Waals surface area contributed by atoms with E-state index < -0.39 is 0 Å². The van der Waals surface area contributed by atoms with Crippen molar-refractivity contribution in [2.45, 2.75) is 39.0 Å². The van der Waals surface area contributed by atoms with Crippen LogP contribution < -0.4 is 11.1 Å². The van der Waals surface area contributed by atoms with E-state index in [1.807, 2.05) is 24.3 Å². The number of nitrogens with one attached hydrogen (secondary N) is 2. The molecule has 2 rings (SSSR count). The van der Waals surface area contributed by atoms with Crippen LogP contribution in [0.2, 0.25) is 0 Å². The van der Waals surface area contributed by atoms with E-state index in [1.54, 1.807) is 18.2 Å². The lowest BCUT2D eigenvalue weighted by Crippen LogP contribution is -2.25. The highest BCUT2D eigenvalue weighted by Crippen LogP contribution is 2.22. The number of hydrogen-bond acceptors (Lipinski definition) is 3. The lowest BCUT2D eigenvalue weighted by molar-refractivity contribution is 0.0953. The Bertz CT molecular complexity index is 790. The maximum Gasteiger partial charge on any atom is 0.251 e. The zero-order valence-electron chi connectivity index (χ0n) is 15.6. The third-order valence-corrected chi connectivity index (χ3v) is 4.31. The van der Waals surface area contributed by atoms with Gasteiger partial charge in [0.1, 0.15) is 11.6 Å². The topological polar surface area (TPSA) is 99.2 Å². The number of amides is 1. The molecule has 26 heavy (non-hydrogen) atoms. The molecule has 138 valence electrons. The van der Waals surface area contributed by atoms with E-state index in [-0.39, 0.29) is 22.9 Å². The number of nitrogen functional groups attached to an aromatic ring is 1. The van der Waals surface area contributed by atoms with Crippen LogP contribution in [-0.4, -0.2) is 23.4 Å². The van der Waals surface area contributed by atoms with Crippen LogP contribution in [0.15, 0.2) is 42.5 Å². The van der Waals surface area contributed by atoms with Crippen LogP contribution in [-0.2, 0) is 11.8 Å². The second kappa shape index (κ2) is 8.04. The van der Waals surface area contributed by atoms with Gasteiger partial charge in [0, 0.05) is 17.7 Å². The molecular weight excluding hydrogens is 326 g/mol. The monoisotopic (exact) mass is 353 g/mol. The van der Waals surface area contributed by atoms with Crippen LogP contribution in [0.1, 0.15) is 54.2 Å². The van der Waals surface area contributed by atoms with Gasteiger partial charge in [0.15, 0.2) is 0 Å². The van der Waals surface area contributed by atoms with Crippen molar-refractivity contribution in [2.24, 2.45) is 5.73 Å². The molecule has 0 aliphatic rings. The Morgan fingerprint density at radius 2 is 1.73 bits per heavy atom. The van der Waals surface area contributed by atoms with E-state index in [1.165, 1.54) is 5.56 Å². The van der Waals surface area contributed by atoms with Crippen LogP contribution in [0.25, 0.3) is 0 Å². The van der Waals surface area contributed by atoms with Crippen molar-refractivity contribution in [3.05, 3.63) is 64.7 Å². The Kier molecular flexibility index (Phi) is 6.03. The number of rotatable bonds is 6. The highest BCUT2D eigenvalue weighted by molar-refractivity contribution is 5.95. The summed E-state index contributed by atoms with van der Waals surface area (Å²) >= 11 is 0. The Morgan fingerprint density at radius 1 is 1.12 bits per heavy atom. The van der Waals surface area contributed by atoms with Crippen molar-refractivity contribution in [3.8, 4) is 5.75 Å². The van der Waals surface area contributed by atoms with E-state index in [9.17, 15) is 9.90 Å². The van der Waals surface area contributed by atoms with Gasteiger partial charge >= 0.3 is 0 Å². The van der Waals surface area contributed by atoms with Crippen molar-refractivity contribution in [3.63, 3.8) is 0 Å². The Hall–Kier alpha value is -2.82. The van der Waals surface area contributed by atoms with Gasteiger partial charge in [-0.05, 0) is 59.7 Å². The molecule has 0 fully saturated rings. The molecule has 5 N–H and O–H groups in total. The molecule has 0 heterocycles. The number of carbonyl (C=O) groups is 1. The zero-order valence-corrected chi connectivity index (χ0v) is 15.6. The molecule has 0 saturated heterocycles. The fourth-order valence-electron chi connectivity index (χ4n) is 2.66. The quantitative estimate of drug-likeness (QED) is 0.364. The van der Waals surface area contributed by atoms with Gasteiger partial charge < -0.3 is 16.2 Å². The zero-order chi connectivity index (χ0) is 19.3. The molecule has 0 aliphatic heterocycles. The third-order valence-electron chi connectivity index (χ3n) is 4.31. The van der Waals surface area contributed by atoms with E-state index in [0.29, 0.717) is 30.5 Å². The molecule has 0 bridgehead atoms. The minimum Gasteiger partial charge on any atom is -0.508 e. The third kappa shape index (κ3) is 5.09. The molecule has 0 aromatic heterocycles. The Morgan fingerprint density at radius 3 is 2.31 bits per heavy atom. The normalized spacial score (nSPS) is 11.2. The van der Waals surface area contributed by atoms with Gasteiger partial charge in [-0.2, -0.15) is 0 Å². The molecule has 0 saturated carbocycles. The SMILES string of the molecule is CC(C)(C)c1ccc(C(=O)NCCCc2cc(C(=N)N)ccc2O)cc1. The summed E-state index contributed by atoms with van der Waals surface area (Å²) in [6, 6.07) is 12.5. The van der Waals surface area contributed by atoms with Crippen LogP contribution in [0.4, 0.5) is 0 Å². The van der Waals surface area contributed by atoms with Crippen molar-refractivity contribution in [1.82, 2.24) is 5.32 Å². The van der Waals surface area contributed by atoms with E-state index >= 15 is 0 Å². The first kappa shape index (κ1) is 19.5. The molecule has 0 radical (unpaired) electrons. The number of phenolic OH excluding ortho intramolecular Hbond substituents is 1. The van der Waals surface area contributed by atoms with Crippen LogP contribution in [0.3, 0.4) is 0 Å². The predicted octanol–water partition coefficient (Wildman–Crippen LogP) is 3.34. The highest BCUT2D eigenvalue weighted by atomic mass is 16.3. The summed E-state index contributed by atoms with van der Waals surface area (Å²) in [6.45, 7) is 6.92.